The minimum Gasteiger partial charge on any atom is -0.335 e. The molecule has 9 aromatic rings. The second kappa shape index (κ2) is 11.8. The highest BCUT2D eigenvalue weighted by atomic mass is 28.3. The molecule has 1 saturated carbocycles. The molecule has 3 nitrogen and oxygen atoms in total. The minimum atomic E-state index is -2.80. The molecular formula is C61H48BN3Si. The highest BCUT2D eigenvalue weighted by Crippen LogP contribution is 2.62. The first-order valence-corrected chi connectivity index (χ1v) is 26.4. The molecular weight excluding hydrogens is 814 g/mol. The average molecular weight is 862 g/mol. The van der Waals surface area contributed by atoms with Gasteiger partial charge in [0.25, 0.3) is 6.71 Å². The maximum absolute atomic E-state index is 2.91. The summed E-state index contributed by atoms with van der Waals surface area (Å²) in [6.45, 7) is 10.2. The van der Waals surface area contributed by atoms with Crippen molar-refractivity contribution in [2.45, 2.75) is 69.7 Å². The molecule has 5 aliphatic heterocycles. The number of hydrogen-bond donors (Lipinski definition) is 0. The number of aromatic nitrogens is 1. The zero-order chi connectivity index (χ0) is 43.6. The maximum atomic E-state index is 2.91. The second-order valence-electron chi connectivity index (χ2n) is 21.4. The van der Waals surface area contributed by atoms with Crippen molar-refractivity contribution >= 4 is 91.3 Å². The summed E-state index contributed by atoms with van der Waals surface area (Å²) >= 11 is 0. The summed E-state index contributed by atoms with van der Waals surface area (Å²) in [6.07, 6.45) is 4.90. The van der Waals surface area contributed by atoms with Crippen LogP contribution in [0.5, 0.6) is 0 Å². The van der Waals surface area contributed by atoms with Crippen molar-refractivity contribution < 1.29 is 0 Å². The fraction of sp³-hybridized carbons (Fsp3) is 0.180. The predicted octanol–water partition coefficient (Wildman–Crippen LogP) is 9.96. The van der Waals surface area contributed by atoms with Crippen LogP contribution in [-0.2, 0) is 10.8 Å². The average Bonchev–Trinajstić information content (AvgIpc) is 4.00. The smallest absolute Gasteiger partial charge is 0.252 e. The van der Waals surface area contributed by atoms with E-state index in [0.717, 1.165) is 0 Å². The van der Waals surface area contributed by atoms with E-state index in [0.29, 0.717) is 0 Å². The number of hydrogen-bond acceptors (Lipinski definition) is 2. The standard InChI is InChI=1S/C61H48BN3Si/c1-59(2)42-23-9-5-21-40(42)56-54(59)41-22-6-10-27-46(41)63(56)37-35-48-55-49(36-37)65-57-43(60(3)33-15-16-34-61(60,65)4)24-17-25-44(57)62(55)45-26-18-32-53-58(45)64(48)47-28-11-14-31-52(47)66(53)50-29-12-7-19-38(50)39-20-8-13-30-51(39)66/h5-14,17-32,35-36H,15-16,33-34H2,1-4H3. The van der Waals surface area contributed by atoms with E-state index >= 15 is 0 Å². The van der Waals surface area contributed by atoms with Gasteiger partial charge in [0.2, 0.25) is 0 Å². The molecule has 0 amide bonds. The van der Waals surface area contributed by atoms with E-state index < -0.39 is 8.07 Å². The summed E-state index contributed by atoms with van der Waals surface area (Å²) in [5.74, 6) is 0. The molecule has 0 saturated heterocycles. The van der Waals surface area contributed by atoms with Gasteiger partial charge in [-0.1, -0.05) is 179 Å². The lowest BCUT2D eigenvalue weighted by atomic mass is 9.33. The van der Waals surface area contributed by atoms with Crippen LogP contribution in [0.15, 0.2) is 170 Å². The fourth-order valence-corrected chi connectivity index (χ4v) is 21.3. The van der Waals surface area contributed by atoms with E-state index in [9.17, 15) is 0 Å². The van der Waals surface area contributed by atoms with Gasteiger partial charge in [0, 0.05) is 50.2 Å². The van der Waals surface area contributed by atoms with E-state index in [1.807, 2.05) is 0 Å². The Kier molecular flexibility index (Phi) is 6.49. The van der Waals surface area contributed by atoms with Crippen LogP contribution < -0.4 is 46.9 Å². The molecule has 1 aromatic heterocycles. The fourth-order valence-electron chi connectivity index (χ4n) is 15.7. The van der Waals surface area contributed by atoms with Gasteiger partial charge in [0.15, 0.2) is 8.07 Å². The van der Waals surface area contributed by atoms with E-state index in [1.165, 1.54) is 141 Å². The number of anilines is 5. The van der Waals surface area contributed by atoms with Crippen molar-refractivity contribution in [1.29, 1.82) is 0 Å². The first kappa shape index (κ1) is 36.4. The van der Waals surface area contributed by atoms with Crippen LogP contribution in [0.1, 0.15) is 70.1 Å². The van der Waals surface area contributed by atoms with Gasteiger partial charge in [-0.3, -0.25) is 0 Å². The third-order valence-corrected chi connectivity index (χ3v) is 23.4. The van der Waals surface area contributed by atoms with Gasteiger partial charge in [-0.15, -0.1) is 0 Å². The summed E-state index contributed by atoms with van der Waals surface area (Å²) in [5.41, 5.74) is 23.5. The van der Waals surface area contributed by atoms with Gasteiger partial charge in [-0.05, 0) is 109 Å². The lowest BCUT2D eigenvalue weighted by molar-refractivity contribution is 0.195. The molecule has 66 heavy (non-hydrogen) atoms. The first-order valence-electron chi connectivity index (χ1n) is 24.4. The molecule has 1 fully saturated rings. The zero-order valence-electron chi connectivity index (χ0n) is 37.9. The van der Waals surface area contributed by atoms with Crippen LogP contribution in [0.3, 0.4) is 0 Å². The van der Waals surface area contributed by atoms with Crippen molar-refractivity contribution in [3.63, 3.8) is 0 Å². The maximum Gasteiger partial charge on any atom is 0.252 e. The van der Waals surface area contributed by atoms with Gasteiger partial charge < -0.3 is 14.4 Å². The van der Waals surface area contributed by atoms with Crippen LogP contribution in [0.2, 0.25) is 0 Å². The summed E-state index contributed by atoms with van der Waals surface area (Å²) in [6, 6.07) is 66.9. The van der Waals surface area contributed by atoms with Gasteiger partial charge in [-0.2, -0.15) is 0 Å². The zero-order valence-corrected chi connectivity index (χ0v) is 38.9. The Balaban J connectivity index is 1.08. The lowest BCUT2D eigenvalue weighted by Gasteiger charge is -2.54. The van der Waals surface area contributed by atoms with Crippen molar-refractivity contribution in [3.05, 3.63) is 187 Å². The number of rotatable bonds is 1. The molecule has 6 heterocycles. The van der Waals surface area contributed by atoms with Gasteiger partial charge in [0.1, 0.15) is 0 Å². The van der Waals surface area contributed by atoms with E-state index in [-0.39, 0.29) is 23.1 Å². The second-order valence-corrected chi connectivity index (χ2v) is 25.1. The van der Waals surface area contributed by atoms with Crippen molar-refractivity contribution in [2.75, 3.05) is 9.80 Å². The lowest BCUT2D eigenvalue weighted by Crippen LogP contribution is -2.77. The van der Waals surface area contributed by atoms with Crippen LogP contribution in [-0.4, -0.2) is 24.9 Å². The SMILES string of the molecule is CC1(C)c2ccccc2-c2c1c1ccccc1n2-c1cc2c3c(c1)N1c4c(cccc4C4(C)CCCCC14C)B3c1cccc3c1N2c1ccccc1[Si]31c2ccccc2-c2ccccc21. The van der Waals surface area contributed by atoms with Gasteiger partial charge >= 0.3 is 0 Å². The molecule has 0 radical (unpaired) electrons. The minimum absolute atomic E-state index is 0.0243. The van der Waals surface area contributed by atoms with Crippen molar-refractivity contribution in [2.24, 2.45) is 0 Å². The molecule has 2 unspecified atom stereocenters. The first-order chi connectivity index (χ1) is 32.3. The molecule has 314 valence electrons. The predicted molar refractivity (Wildman–Crippen MR) is 279 cm³/mol. The molecule has 7 aliphatic rings. The Bertz CT molecular complexity index is 3680. The highest BCUT2D eigenvalue weighted by Gasteiger charge is 2.63. The Morgan fingerprint density at radius 1 is 0.515 bits per heavy atom. The van der Waals surface area contributed by atoms with Crippen LogP contribution in [0, 0.1) is 0 Å². The monoisotopic (exact) mass is 861 g/mol. The summed E-state index contributed by atoms with van der Waals surface area (Å²) < 4.78 is 2.67. The Hall–Kier alpha value is -6.82. The highest BCUT2D eigenvalue weighted by molar-refractivity contribution is 7.24. The molecule has 0 bridgehead atoms. The quantitative estimate of drug-likeness (QED) is 0.152. The number of fused-ring (bicyclic) bond motifs is 21. The van der Waals surface area contributed by atoms with Gasteiger partial charge in [-0.25, -0.2) is 0 Å². The van der Waals surface area contributed by atoms with Crippen LogP contribution >= 0.6 is 0 Å². The van der Waals surface area contributed by atoms with E-state index in [2.05, 4.69) is 212 Å². The Morgan fingerprint density at radius 3 is 1.92 bits per heavy atom. The number of benzene rings is 8. The molecule has 2 aliphatic carbocycles. The van der Waals surface area contributed by atoms with Crippen molar-refractivity contribution in [1.82, 2.24) is 4.57 Å². The number of para-hydroxylation sites is 4. The van der Waals surface area contributed by atoms with Crippen LogP contribution in [0.4, 0.5) is 28.4 Å². The molecule has 5 heteroatoms. The normalized spacial score (nSPS) is 21.7. The Morgan fingerprint density at radius 2 is 1.12 bits per heavy atom. The van der Waals surface area contributed by atoms with Crippen LogP contribution in [0.25, 0.3) is 39.0 Å². The third-order valence-electron chi connectivity index (χ3n) is 18.5. The summed E-state index contributed by atoms with van der Waals surface area (Å²) in [4.78, 5) is 5.67. The topological polar surface area (TPSA) is 11.4 Å². The summed E-state index contributed by atoms with van der Waals surface area (Å²) in [7, 11) is -2.80. The summed E-state index contributed by atoms with van der Waals surface area (Å²) in [5, 5.41) is 7.38. The largest absolute Gasteiger partial charge is 0.335 e. The van der Waals surface area contributed by atoms with E-state index in [1.54, 1.807) is 5.56 Å². The molecule has 8 aromatic carbocycles. The van der Waals surface area contributed by atoms with Crippen molar-refractivity contribution in [3.8, 4) is 28.1 Å². The molecule has 2 atom stereocenters. The molecule has 1 spiro atoms. The Labute approximate surface area is 388 Å². The number of nitrogens with zero attached hydrogens (tertiary/aromatic N) is 3. The van der Waals surface area contributed by atoms with E-state index in [4.69, 9.17) is 0 Å². The van der Waals surface area contributed by atoms with Gasteiger partial charge in [0.05, 0.1) is 22.4 Å². The molecule has 16 rings (SSSR count). The third kappa shape index (κ3) is 3.79. The molecule has 0 N–H and O–H groups in total.